The molecular weight excluding hydrogens is 226 g/mol. The highest BCUT2D eigenvalue weighted by Gasteiger charge is 2.20. The minimum absolute atomic E-state index is 0.0902. The third-order valence-electron chi connectivity index (χ3n) is 3.41. The molecule has 0 radical (unpaired) electrons. The lowest BCUT2D eigenvalue weighted by molar-refractivity contribution is -0.122. The van der Waals surface area contributed by atoms with Gasteiger partial charge in [-0.15, -0.1) is 6.58 Å². The van der Waals surface area contributed by atoms with Crippen molar-refractivity contribution in [3.63, 3.8) is 0 Å². The number of carbonyl (C=O) groups excluding carboxylic acids is 1. The van der Waals surface area contributed by atoms with E-state index in [0.29, 0.717) is 25.0 Å². The Morgan fingerprint density at radius 1 is 1.61 bits per heavy atom. The Kier molecular flexibility index (Phi) is 6.98. The van der Waals surface area contributed by atoms with Crippen LogP contribution in [0, 0.1) is 5.92 Å². The third-order valence-corrected chi connectivity index (χ3v) is 3.41. The zero-order valence-electron chi connectivity index (χ0n) is 11.7. The molecule has 0 aliphatic carbocycles. The van der Waals surface area contributed by atoms with Gasteiger partial charge in [0.1, 0.15) is 0 Å². The second-order valence-corrected chi connectivity index (χ2v) is 5.33. The van der Waals surface area contributed by atoms with Gasteiger partial charge in [0.05, 0.1) is 6.54 Å². The van der Waals surface area contributed by atoms with Crippen LogP contribution in [-0.4, -0.2) is 49.6 Å². The maximum atomic E-state index is 11.7. The molecule has 2 N–H and O–H groups in total. The molecule has 0 aromatic carbocycles. The van der Waals surface area contributed by atoms with Crippen LogP contribution in [0.5, 0.6) is 0 Å². The highest BCUT2D eigenvalue weighted by Crippen LogP contribution is 2.13. The van der Waals surface area contributed by atoms with E-state index in [1.54, 1.807) is 6.08 Å². The van der Waals surface area contributed by atoms with Gasteiger partial charge in [0.2, 0.25) is 5.91 Å². The molecule has 1 saturated heterocycles. The van der Waals surface area contributed by atoms with E-state index in [2.05, 4.69) is 36.0 Å². The van der Waals surface area contributed by atoms with Crippen LogP contribution in [0.4, 0.5) is 0 Å². The maximum Gasteiger partial charge on any atom is 0.234 e. The van der Waals surface area contributed by atoms with Gasteiger partial charge in [0.15, 0.2) is 0 Å². The summed E-state index contributed by atoms with van der Waals surface area (Å²) in [6, 6.07) is 0.404. The minimum Gasteiger partial charge on any atom is -0.352 e. The average Bonchev–Trinajstić information content (AvgIpc) is 2.36. The normalized spacial score (nSPS) is 20.1. The topological polar surface area (TPSA) is 44.4 Å². The molecule has 1 rings (SSSR count). The fraction of sp³-hybridized carbons (Fsp3) is 0.786. The second-order valence-electron chi connectivity index (χ2n) is 5.33. The summed E-state index contributed by atoms with van der Waals surface area (Å²) < 4.78 is 0. The van der Waals surface area contributed by atoms with Gasteiger partial charge in [-0.3, -0.25) is 9.69 Å². The number of nitrogens with one attached hydrogen (secondary N) is 2. The Hall–Kier alpha value is -0.870. The molecule has 1 unspecified atom stereocenters. The molecule has 1 aliphatic rings. The molecule has 0 aromatic heterocycles. The van der Waals surface area contributed by atoms with Crippen molar-refractivity contribution in [1.29, 1.82) is 0 Å². The first-order chi connectivity index (χ1) is 8.63. The van der Waals surface area contributed by atoms with Crippen LogP contribution in [0.3, 0.4) is 0 Å². The summed E-state index contributed by atoms with van der Waals surface area (Å²) in [5.74, 6) is 0.765. The largest absolute Gasteiger partial charge is 0.352 e. The maximum absolute atomic E-state index is 11.7. The van der Waals surface area contributed by atoms with Crippen LogP contribution >= 0.6 is 0 Å². The van der Waals surface area contributed by atoms with Gasteiger partial charge in [-0.1, -0.05) is 6.08 Å². The number of amides is 1. The van der Waals surface area contributed by atoms with Crippen LogP contribution < -0.4 is 10.6 Å². The summed E-state index contributed by atoms with van der Waals surface area (Å²) in [6.07, 6.45) is 4.23. The molecule has 104 valence electrons. The van der Waals surface area contributed by atoms with Crippen molar-refractivity contribution >= 4 is 5.91 Å². The minimum atomic E-state index is 0.0902. The predicted octanol–water partition coefficient (Wildman–Crippen LogP) is 0.999. The summed E-state index contributed by atoms with van der Waals surface area (Å²) in [6.45, 7) is 12.2. The molecule has 0 spiro atoms. The lowest BCUT2D eigenvalue weighted by Gasteiger charge is -2.32. The predicted molar refractivity (Wildman–Crippen MR) is 75.5 cm³/mol. The van der Waals surface area contributed by atoms with E-state index in [9.17, 15) is 4.79 Å². The van der Waals surface area contributed by atoms with Crippen LogP contribution in [-0.2, 0) is 4.79 Å². The highest BCUT2D eigenvalue weighted by molar-refractivity contribution is 5.78. The Bertz CT molecular complexity index is 260. The summed E-state index contributed by atoms with van der Waals surface area (Å²) in [5.41, 5.74) is 0. The number of hydrogen-bond acceptors (Lipinski definition) is 3. The van der Waals surface area contributed by atoms with E-state index >= 15 is 0 Å². The molecule has 0 bridgehead atoms. The van der Waals surface area contributed by atoms with Crippen molar-refractivity contribution in [2.45, 2.75) is 32.7 Å². The lowest BCUT2D eigenvalue weighted by Crippen LogP contribution is -2.45. The fourth-order valence-corrected chi connectivity index (χ4v) is 2.30. The summed E-state index contributed by atoms with van der Waals surface area (Å²) in [5, 5.41) is 6.27. The van der Waals surface area contributed by atoms with E-state index < -0.39 is 0 Å². The van der Waals surface area contributed by atoms with Gasteiger partial charge in [0.25, 0.3) is 0 Å². The SMILES string of the molecule is C=CCNC(=O)CN(CC1CCCNC1)C(C)C. The summed E-state index contributed by atoms with van der Waals surface area (Å²) in [4.78, 5) is 14.0. The molecular formula is C14H27N3O. The Morgan fingerprint density at radius 2 is 2.39 bits per heavy atom. The van der Waals surface area contributed by atoms with Gasteiger partial charge in [-0.25, -0.2) is 0 Å². The van der Waals surface area contributed by atoms with Crippen molar-refractivity contribution in [3.05, 3.63) is 12.7 Å². The number of carbonyl (C=O) groups is 1. The smallest absolute Gasteiger partial charge is 0.234 e. The Balaban J connectivity index is 2.38. The Morgan fingerprint density at radius 3 is 2.94 bits per heavy atom. The lowest BCUT2D eigenvalue weighted by atomic mass is 9.98. The number of nitrogens with zero attached hydrogens (tertiary/aromatic N) is 1. The van der Waals surface area contributed by atoms with Gasteiger partial charge < -0.3 is 10.6 Å². The second kappa shape index (κ2) is 8.27. The zero-order valence-corrected chi connectivity index (χ0v) is 11.7. The van der Waals surface area contributed by atoms with E-state index in [4.69, 9.17) is 0 Å². The molecule has 1 heterocycles. The van der Waals surface area contributed by atoms with Gasteiger partial charge in [0, 0.05) is 19.1 Å². The fourth-order valence-electron chi connectivity index (χ4n) is 2.30. The number of hydrogen-bond donors (Lipinski definition) is 2. The Labute approximate surface area is 111 Å². The van der Waals surface area contributed by atoms with Gasteiger partial charge >= 0.3 is 0 Å². The van der Waals surface area contributed by atoms with Crippen LogP contribution in [0.15, 0.2) is 12.7 Å². The molecule has 1 aliphatic heterocycles. The molecule has 4 nitrogen and oxygen atoms in total. The number of rotatable bonds is 7. The van der Waals surface area contributed by atoms with Crippen molar-refractivity contribution in [2.75, 3.05) is 32.7 Å². The van der Waals surface area contributed by atoms with E-state index in [0.717, 1.165) is 19.6 Å². The highest BCUT2D eigenvalue weighted by atomic mass is 16.2. The third kappa shape index (κ3) is 5.65. The van der Waals surface area contributed by atoms with Crippen molar-refractivity contribution in [2.24, 2.45) is 5.92 Å². The number of piperidine rings is 1. The van der Waals surface area contributed by atoms with Crippen molar-refractivity contribution < 1.29 is 4.79 Å². The van der Waals surface area contributed by atoms with Crippen LogP contribution in [0.1, 0.15) is 26.7 Å². The average molecular weight is 253 g/mol. The van der Waals surface area contributed by atoms with E-state index in [-0.39, 0.29) is 5.91 Å². The summed E-state index contributed by atoms with van der Waals surface area (Å²) >= 11 is 0. The molecule has 4 heteroatoms. The first kappa shape index (κ1) is 15.2. The standard InChI is InChI=1S/C14H27N3O/c1-4-7-16-14(18)11-17(12(2)3)10-13-6-5-8-15-9-13/h4,12-13,15H,1,5-11H2,2-3H3,(H,16,18). The van der Waals surface area contributed by atoms with E-state index in [1.807, 2.05) is 0 Å². The van der Waals surface area contributed by atoms with Crippen LogP contribution in [0.25, 0.3) is 0 Å². The molecule has 0 aromatic rings. The zero-order chi connectivity index (χ0) is 13.4. The van der Waals surface area contributed by atoms with Gasteiger partial charge in [-0.2, -0.15) is 0 Å². The molecule has 0 saturated carbocycles. The van der Waals surface area contributed by atoms with Gasteiger partial charge in [-0.05, 0) is 45.7 Å². The quantitative estimate of drug-likeness (QED) is 0.665. The molecule has 18 heavy (non-hydrogen) atoms. The van der Waals surface area contributed by atoms with Crippen molar-refractivity contribution in [3.8, 4) is 0 Å². The molecule has 1 amide bonds. The van der Waals surface area contributed by atoms with E-state index in [1.165, 1.54) is 12.8 Å². The summed E-state index contributed by atoms with van der Waals surface area (Å²) in [7, 11) is 0. The first-order valence-corrected chi connectivity index (χ1v) is 6.95. The molecule has 1 atom stereocenters. The molecule has 1 fully saturated rings. The monoisotopic (exact) mass is 253 g/mol. The van der Waals surface area contributed by atoms with Crippen LogP contribution in [0.2, 0.25) is 0 Å². The first-order valence-electron chi connectivity index (χ1n) is 6.95. The van der Waals surface area contributed by atoms with Crippen molar-refractivity contribution in [1.82, 2.24) is 15.5 Å².